The highest BCUT2D eigenvalue weighted by atomic mass is 32.2. The zero-order valence-corrected chi connectivity index (χ0v) is 13.7. The Morgan fingerprint density at radius 2 is 1.09 bits per heavy atom. The molecule has 0 fully saturated rings. The van der Waals surface area contributed by atoms with Crippen LogP contribution >= 0.6 is 23.5 Å². The van der Waals surface area contributed by atoms with Gasteiger partial charge in [-0.05, 0) is 48.5 Å². The lowest BCUT2D eigenvalue weighted by molar-refractivity contribution is -0.118. The number of Topliss-reactive ketones (excluding diaryl/α,β-unsaturated/α-hetero) is 1. The van der Waals surface area contributed by atoms with Crippen molar-refractivity contribution in [2.45, 2.75) is 22.6 Å². The van der Waals surface area contributed by atoms with Crippen LogP contribution in [0.1, 0.15) is 12.8 Å². The molecule has 0 amide bonds. The first-order chi connectivity index (χ1) is 10.6. The molecule has 116 valence electrons. The third-order valence-corrected chi connectivity index (χ3v) is 5.00. The summed E-state index contributed by atoms with van der Waals surface area (Å²) in [6.07, 6.45) is 1.11. The molecule has 0 bridgehead atoms. The van der Waals surface area contributed by atoms with Gasteiger partial charge >= 0.3 is 0 Å². The zero-order chi connectivity index (χ0) is 15.8. The van der Waals surface area contributed by atoms with Gasteiger partial charge in [0.05, 0.1) is 0 Å². The van der Waals surface area contributed by atoms with Crippen LogP contribution in [0.5, 0.6) is 11.5 Å². The summed E-state index contributed by atoms with van der Waals surface area (Å²) in [5.74, 6) is 2.29. The van der Waals surface area contributed by atoms with Crippen LogP contribution in [-0.4, -0.2) is 27.5 Å². The van der Waals surface area contributed by atoms with Crippen LogP contribution in [0.4, 0.5) is 0 Å². The molecule has 0 aliphatic heterocycles. The fourth-order valence-electron chi connectivity index (χ4n) is 1.78. The lowest BCUT2D eigenvalue weighted by Gasteiger charge is -2.03. The van der Waals surface area contributed by atoms with Gasteiger partial charge in [0, 0.05) is 34.1 Å². The number of ketones is 1. The van der Waals surface area contributed by atoms with Crippen LogP contribution in [0.2, 0.25) is 0 Å². The average Bonchev–Trinajstić information content (AvgIpc) is 2.51. The Balaban J connectivity index is 1.61. The smallest absolute Gasteiger partial charge is 0.134 e. The maximum absolute atomic E-state index is 11.8. The van der Waals surface area contributed by atoms with E-state index in [0.29, 0.717) is 12.8 Å². The Kier molecular flexibility index (Phi) is 6.68. The lowest BCUT2D eigenvalue weighted by atomic mass is 10.2. The number of hydrogen-bond donors (Lipinski definition) is 2. The molecule has 0 atom stereocenters. The highest BCUT2D eigenvalue weighted by Crippen LogP contribution is 2.23. The second-order valence-electron chi connectivity index (χ2n) is 4.72. The maximum atomic E-state index is 11.8. The van der Waals surface area contributed by atoms with Crippen molar-refractivity contribution >= 4 is 29.3 Å². The van der Waals surface area contributed by atoms with Gasteiger partial charge < -0.3 is 10.2 Å². The van der Waals surface area contributed by atoms with Crippen LogP contribution in [0.25, 0.3) is 0 Å². The van der Waals surface area contributed by atoms with Gasteiger partial charge in [-0.15, -0.1) is 23.5 Å². The molecule has 0 heterocycles. The number of carbonyl (C=O) groups excluding carboxylic acids is 1. The van der Waals surface area contributed by atoms with Crippen molar-refractivity contribution in [3.05, 3.63) is 48.5 Å². The summed E-state index contributed by atoms with van der Waals surface area (Å²) in [5, 5.41) is 18.4. The van der Waals surface area contributed by atoms with Gasteiger partial charge in [0.15, 0.2) is 0 Å². The molecule has 0 aliphatic rings. The van der Waals surface area contributed by atoms with Gasteiger partial charge in [-0.3, -0.25) is 4.79 Å². The van der Waals surface area contributed by atoms with Gasteiger partial charge in [-0.2, -0.15) is 0 Å². The maximum Gasteiger partial charge on any atom is 0.134 e. The average molecular weight is 334 g/mol. The Hall–Kier alpha value is -1.59. The molecule has 2 N–H and O–H groups in total. The molecule has 0 spiro atoms. The summed E-state index contributed by atoms with van der Waals surface area (Å²) in [6.45, 7) is 0. The van der Waals surface area contributed by atoms with E-state index in [4.69, 9.17) is 0 Å². The highest BCUT2D eigenvalue weighted by molar-refractivity contribution is 7.99. The standard InChI is InChI=1S/C17H18O3S2/c18-13-1-5-16(6-2-13)21-11-9-15(20)10-12-22-17-7-3-14(19)4-8-17/h1-8,18-19H,9-12H2. The predicted molar refractivity (Wildman–Crippen MR) is 91.9 cm³/mol. The Morgan fingerprint density at radius 3 is 1.45 bits per heavy atom. The largest absolute Gasteiger partial charge is 0.508 e. The van der Waals surface area contributed by atoms with E-state index < -0.39 is 0 Å². The summed E-state index contributed by atoms with van der Waals surface area (Å²) in [6, 6.07) is 14.0. The third-order valence-electron chi connectivity index (χ3n) is 2.97. The Morgan fingerprint density at radius 1 is 0.727 bits per heavy atom. The minimum absolute atomic E-state index is 0.256. The normalized spacial score (nSPS) is 10.5. The van der Waals surface area contributed by atoms with Gasteiger partial charge in [0.25, 0.3) is 0 Å². The highest BCUT2D eigenvalue weighted by Gasteiger charge is 2.04. The summed E-state index contributed by atoms with van der Waals surface area (Å²) in [7, 11) is 0. The molecule has 0 aliphatic carbocycles. The third kappa shape index (κ3) is 6.03. The first kappa shape index (κ1) is 16.8. The van der Waals surface area contributed by atoms with Crippen LogP contribution in [0.15, 0.2) is 58.3 Å². The molecule has 2 aromatic carbocycles. The minimum atomic E-state index is 0.256. The predicted octanol–water partition coefficient (Wildman–Crippen LogP) is 4.33. The van der Waals surface area contributed by atoms with E-state index >= 15 is 0 Å². The molecule has 2 aromatic rings. The van der Waals surface area contributed by atoms with Gasteiger partial charge in [-0.25, -0.2) is 0 Å². The Labute approximate surface area is 138 Å². The second kappa shape index (κ2) is 8.76. The molecule has 3 nitrogen and oxygen atoms in total. The van der Waals surface area contributed by atoms with Gasteiger partial charge in [0.2, 0.25) is 0 Å². The molecular formula is C17H18O3S2. The fraction of sp³-hybridized carbons (Fsp3) is 0.235. The van der Waals surface area contributed by atoms with E-state index in [0.717, 1.165) is 21.3 Å². The van der Waals surface area contributed by atoms with Crippen LogP contribution < -0.4 is 0 Å². The summed E-state index contributed by atoms with van der Waals surface area (Å²) >= 11 is 3.24. The van der Waals surface area contributed by atoms with Crippen molar-refractivity contribution < 1.29 is 15.0 Å². The first-order valence-corrected chi connectivity index (χ1v) is 8.96. The number of benzene rings is 2. The molecule has 0 unspecified atom stereocenters. The fourth-order valence-corrected chi connectivity index (χ4v) is 3.56. The van der Waals surface area contributed by atoms with Crippen LogP contribution in [-0.2, 0) is 4.79 Å². The number of rotatable bonds is 8. The summed E-state index contributed by atoms with van der Waals surface area (Å²) < 4.78 is 0. The summed E-state index contributed by atoms with van der Waals surface area (Å²) in [5.41, 5.74) is 0. The summed E-state index contributed by atoms with van der Waals surface area (Å²) in [4.78, 5) is 13.9. The molecular weight excluding hydrogens is 316 g/mol. The molecule has 0 aromatic heterocycles. The molecule has 0 radical (unpaired) electrons. The number of phenolic OH excluding ortho intramolecular Hbond substituents is 2. The molecule has 0 saturated carbocycles. The molecule has 5 heteroatoms. The molecule has 0 saturated heterocycles. The minimum Gasteiger partial charge on any atom is -0.508 e. The van der Waals surface area contributed by atoms with Crippen molar-refractivity contribution in [3.8, 4) is 11.5 Å². The number of thioether (sulfide) groups is 2. The van der Waals surface area contributed by atoms with Crippen LogP contribution in [0, 0.1) is 0 Å². The SMILES string of the molecule is O=C(CCSc1ccc(O)cc1)CCSc1ccc(O)cc1. The molecule has 22 heavy (non-hydrogen) atoms. The van der Waals surface area contributed by atoms with Crippen molar-refractivity contribution in [2.75, 3.05) is 11.5 Å². The van der Waals surface area contributed by atoms with Crippen LogP contribution in [0.3, 0.4) is 0 Å². The van der Waals surface area contributed by atoms with E-state index in [1.807, 2.05) is 24.3 Å². The van der Waals surface area contributed by atoms with Crippen molar-refractivity contribution in [1.82, 2.24) is 0 Å². The van der Waals surface area contributed by atoms with E-state index in [9.17, 15) is 15.0 Å². The monoisotopic (exact) mass is 334 g/mol. The van der Waals surface area contributed by atoms with E-state index in [2.05, 4.69) is 0 Å². The van der Waals surface area contributed by atoms with Crippen molar-refractivity contribution in [2.24, 2.45) is 0 Å². The number of phenols is 2. The number of carbonyl (C=O) groups is 1. The zero-order valence-electron chi connectivity index (χ0n) is 12.1. The topological polar surface area (TPSA) is 57.5 Å². The lowest BCUT2D eigenvalue weighted by Crippen LogP contribution is -2.00. The molecule has 2 rings (SSSR count). The quantitative estimate of drug-likeness (QED) is 0.704. The first-order valence-electron chi connectivity index (χ1n) is 6.99. The van der Waals surface area contributed by atoms with E-state index in [-0.39, 0.29) is 17.3 Å². The van der Waals surface area contributed by atoms with Gasteiger partial charge in [0.1, 0.15) is 17.3 Å². The number of aromatic hydroxyl groups is 2. The van der Waals surface area contributed by atoms with Gasteiger partial charge in [-0.1, -0.05) is 0 Å². The Bertz CT molecular complexity index is 541. The second-order valence-corrected chi connectivity index (χ2v) is 7.06. The van der Waals surface area contributed by atoms with E-state index in [1.54, 1.807) is 47.8 Å². The van der Waals surface area contributed by atoms with E-state index in [1.165, 1.54) is 0 Å². The van der Waals surface area contributed by atoms with Crippen molar-refractivity contribution in [3.63, 3.8) is 0 Å². The number of hydrogen-bond acceptors (Lipinski definition) is 5. The van der Waals surface area contributed by atoms with Crippen molar-refractivity contribution in [1.29, 1.82) is 0 Å².